The van der Waals surface area contributed by atoms with Gasteiger partial charge in [0.25, 0.3) is 0 Å². The highest BCUT2D eigenvalue weighted by Crippen LogP contribution is 2.76. The van der Waals surface area contributed by atoms with Gasteiger partial charge in [-0.25, -0.2) is 0 Å². The Morgan fingerprint density at radius 3 is 2.07 bits per heavy atom. The second-order valence-corrected chi connectivity index (χ2v) is 20.0. The number of hydrogen-bond acceptors (Lipinski definition) is 12. The summed E-state index contributed by atoms with van der Waals surface area (Å²) >= 11 is 0. The van der Waals surface area contributed by atoms with Crippen LogP contribution in [0.2, 0.25) is 0 Å². The number of fused-ring (bicyclic) bond motifs is 7. The van der Waals surface area contributed by atoms with Gasteiger partial charge >= 0.3 is 11.9 Å². The van der Waals surface area contributed by atoms with Crippen molar-refractivity contribution in [1.29, 1.82) is 0 Å². The van der Waals surface area contributed by atoms with Crippen LogP contribution in [0.15, 0.2) is 11.6 Å². The van der Waals surface area contributed by atoms with Gasteiger partial charge in [-0.05, 0) is 111 Å². The molecule has 56 heavy (non-hydrogen) atoms. The van der Waals surface area contributed by atoms with Crippen molar-refractivity contribution >= 4 is 11.9 Å². The summed E-state index contributed by atoms with van der Waals surface area (Å²) in [6.45, 7) is 14.0. The predicted octanol–water partition coefficient (Wildman–Crippen LogP) is 2.83. The van der Waals surface area contributed by atoms with Crippen LogP contribution in [-0.2, 0) is 28.5 Å². The summed E-state index contributed by atoms with van der Waals surface area (Å²) in [7, 11) is 0. The maximum Gasteiger partial charge on any atom is 0.314 e. The quantitative estimate of drug-likeness (QED) is 0.137. The molecule has 0 aromatic carbocycles. The summed E-state index contributed by atoms with van der Waals surface area (Å²) in [5, 5.41) is 85.6. The standard InChI is InChI=1S/C42H66O14/c1-19-10-15-41(36(49)50)16-17-42(37(51)52)22(27(41)20(19)2)8-9-25-39(6)13-12-26(38(4,5)24(39)11-14-40(25,42)7)55-35-32(48)33(28(44)21(3)53-35)56-34-31(47)30(46)29(45)23(18-43)54-34/h8,19-21,23-35,43-48H,9-18H2,1-7H3,(H,49,50)(H,51,52)/t19?,20?,21?,23?,24?,25?,26-,27?,28?,29?,30?,31?,32?,33?,34?,35?,39-,40+,41-,42+/m0/s1. The lowest BCUT2D eigenvalue weighted by atomic mass is 9.33. The molecule has 2 heterocycles. The molecule has 5 aliphatic carbocycles. The molecule has 2 aliphatic heterocycles. The molecule has 8 N–H and O–H groups in total. The summed E-state index contributed by atoms with van der Waals surface area (Å²) in [5.74, 6) is -1.49. The summed E-state index contributed by atoms with van der Waals surface area (Å²) in [5.41, 5.74) is -2.61. The van der Waals surface area contributed by atoms with Crippen LogP contribution >= 0.6 is 0 Å². The number of allylic oxidation sites excluding steroid dienone is 1. The van der Waals surface area contributed by atoms with Crippen LogP contribution in [0, 0.1) is 56.7 Å². The van der Waals surface area contributed by atoms with Crippen molar-refractivity contribution in [2.75, 3.05) is 6.61 Å². The van der Waals surface area contributed by atoms with Crippen LogP contribution in [0.1, 0.15) is 106 Å². The van der Waals surface area contributed by atoms with Gasteiger partial charge in [0, 0.05) is 0 Å². The fourth-order valence-electron chi connectivity index (χ4n) is 14.0. The lowest BCUT2D eigenvalue weighted by molar-refractivity contribution is -0.366. The second-order valence-electron chi connectivity index (χ2n) is 20.0. The maximum absolute atomic E-state index is 14.0. The molecule has 20 atom stereocenters. The lowest BCUT2D eigenvalue weighted by Gasteiger charge is -2.70. The van der Waals surface area contributed by atoms with Crippen molar-refractivity contribution in [3.8, 4) is 0 Å². The third-order valence-corrected chi connectivity index (χ3v) is 17.4. The van der Waals surface area contributed by atoms with E-state index in [-0.39, 0.29) is 29.1 Å². The third kappa shape index (κ3) is 5.85. The van der Waals surface area contributed by atoms with E-state index in [1.807, 2.05) is 0 Å². The minimum Gasteiger partial charge on any atom is -0.481 e. The second kappa shape index (κ2) is 14.5. The number of aliphatic hydroxyl groups is 6. The smallest absolute Gasteiger partial charge is 0.314 e. The first kappa shape index (κ1) is 42.4. The largest absolute Gasteiger partial charge is 0.481 e. The van der Waals surface area contributed by atoms with Gasteiger partial charge in [-0.3, -0.25) is 9.59 Å². The highest BCUT2D eigenvalue weighted by Gasteiger charge is 2.73. The Kier molecular flexibility index (Phi) is 11.0. The predicted molar refractivity (Wildman–Crippen MR) is 198 cm³/mol. The number of aliphatic carboxylic acids is 2. The highest BCUT2D eigenvalue weighted by molar-refractivity contribution is 5.84. The summed E-state index contributed by atoms with van der Waals surface area (Å²) in [6.07, 6.45) is -7.03. The van der Waals surface area contributed by atoms with Crippen LogP contribution in [0.25, 0.3) is 0 Å². The van der Waals surface area contributed by atoms with Gasteiger partial charge < -0.3 is 59.8 Å². The normalized spacial score (nSPS) is 54.1. The molecular weight excluding hydrogens is 728 g/mol. The molecule has 0 bridgehead atoms. The van der Waals surface area contributed by atoms with E-state index < -0.39 is 108 Å². The molecule has 0 aromatic heterocycles. The Morgan fingerprint density at radius 1 is 0.750 bits per heavy atom. The van der Waals surface area contributed by atoms with E-state index in [9.17, 15) is 50.4 Å². The average molecular weight is 795 g/mol. The Hall–Kier alpha value is -1.72. The van der Waals surface area contributed by atoms with E-state index in [4.69, 9.17) is 18.9 Å². The highest BCUT2D eigenvalue weighted by atomic mass is 16.7. The first-order valence-electron chi connectivity index (χ1n) is 20.9. The molecule has 4 saturated carbocycles. The van der Waals surface area contributed by atoms with E-state index in [1.165, 1.54) is 0 Å². The van der Waals surface area contributed by atoms with Gasteiger partial charge in [-0.1, -0.05) is 53.2 Å². The first-order valence-corrected chi connectivity index (χ1v) is 20.9. The van der Waals surface area contributed by atoms with Crippen LogP contribution in [0.5, 0.6) is 0 Å². The van der Waals surface area contributed by atoms with Crippen LogP contribution in [0.3, 0.4) is 0 Å². The molecule has 6 fully saturated rings. The van der Waals surface area contributed by atoms with Crippen molar-refractivity contribution in [2.45, 2.75) is 174 Å². The van der Waals surface area contributed by atoms with Gasteiger partial charge in [0.2, 0.25) is 0 Å². The number of carboxylic acids is 2. The monoisotopic (exact) mass is 794 g/mol. The summed E-state index contributed by atoms with van der Waals surface area (Å²) < 4.78 is 24.1. The molecule has 318 valence electrons. The molecule has 7 rings (SSSR count). The van der Waals surface area contributed by atoms with Gasteiger partial charge in [0.1, 0.15) is 42.7 Å². The lowest BCUT2D eigenvalue weighted by Crippen LogP contribution is -2.68. The van der Waals surface area contributed by atoms with Gasteiger partial charge in [-0.2, -0.15) is 0 Å². The zero-order valence-corrected chi connectivity index (χ0v) is 33.9. The molecule has 14 nitrogen and oxygen atoms in total. The molecule has 0 radical (unpaired) electrons. The van der Waals surface area contributed by atoms with Crippen LogP contribution in [-0.4, -0.2) is 127 Å². The average Bonchev–Trinajstić information content (AvgIpc) is 3.14. The summed E-state index contributed by atoms with van der Waals surface area (Å²) in [6, 6.07) is 0. The fourth-order valence-corrected chi connectivity index (χ4v) is 14.0. The number of carboxylic acid groups (broad SMARTS) is 2. The van der Waals surface area contributed by atoms with Crippen molar-refractivity contribution in [3.05, 3.63) is 11.6 Å². The Labute approximate surface area is 329 Å². The number of ether oxygens (including phenoxy) is 4. The van der Waals surface area contributed by atoms with Crippen molar-refractivity contribution < 1.29 is 69.4 Å². The number of rotatable bonds is 7. The van der Waals surface area contributed by atoms with Gasteiger partial charge in [0.15, 0.2) is 12.6 Å². The number of aliphatic hydroxyl groups excluding tert-OH is 6. The van der Waals surface area contributed by atoms with Crippen molar-refractivity contribution in [2.24, 2.45) is 56.7 Å². The number of hydrogen-bond donors (Lipinski definition) is 8. The van der Waals surface area contributed by atoms with Crippen molar-refractivity contribution in [3.63, 3.8) is 0 Å². The van der Waals surface area contributed by atoms with Gasteiger partial charge in [0.05, 0.1) is 29.6 Å². The summed E-state index contributed by atoms with van der Waals surface area (Å²) in [4.78, 5) is 27.1. The molecule has 7 aliphatic rings. The topological polar surface area (TPSA) is 233 Å². The van der Waals surface area contributed by atoms with E-state index in [0.29, 0.717) is 44.4 Å². The SMILES string of the molecule is CC1CC[C@]2(C(=O)O)CC[C@]3(C(=O)O)C(=CCC4[C@@]5(C)CC[C@H](OC6OC(C)C(O)C(OC7OC(CO)C(O)C(O)C7O)C6O)C(C)(C)C5CC[C@]43C)C2C1C. The molecule has 15 unspecified atom stereocenters. The molecule has 0 amide bonds. The molecule has 2 saturated heterocycles. The minimum absolute atomic E-state index is 0.0190. The maximum atomic E-state index is 14.0. The van der Waals surface area contributed by atoms with Crippen molar-refractivity contribution in [1.82, 2.24) is 0 Å². The minimum atomic E-state index is -1.73. The zero-order valence-electron chi connectivity index (χ0n) is 33.9. The van der Waals surface area contributed by atoms with E-state index >= 15 is 0 Å². The van der Waals surface area contributed by atoms with E-state index in [2.05, 4.69) is 47.6 Å². The zero-order chi connectivity index (χ0) is 41.1. The molecule has 0 aromatic rings. The number of carbonyl (C=O) groups is 2. The Bertz CT molecular complexity index is 1550. The Balaban J connectivity index is 1.14. The fraction of sp³-hybridized carbons (Fsp3) is 0.905. The van der Waals surface area contributed by atoms with Crippen LogP contribution < -0.4 is 0 Å². The van der Waals surface area contributed by atoms with Gasteiger partial charge in [-0.15, -0.1) is 0 Å². The third-order valence-electron chi connectivity index (χ3n) is 17.4. The molecule has 14 heteroatoms. The Morgan fingerprint density at radius 2 is 1.43 bits per heavy atom. The van der Waals surface area contributed by atoms with E-state index in [1.54, 1.807) is 6.92 Å². The first-order chi connectivity index (χ1) is 26.1. The van der Waals surface area contributed by atoms with E-state index in [0.717, 1.165) is 24.8 Å². The van der Waals surface area contributed by atoms with Crippen LogP contribution in [0.4, 0.5) is 0 Å². The molecule has 0 spiro atoms. The molecular formula is C42H66O14.